The number of hydrogen-bond donors (Lipinski definition) is 0. The lowest BCUT2D eigenvalue weighted by atomic mass is 10.1. The molecule has 0 saturated carbocycles. The van der Waals surface area contributed by atoms with E-state index in [0.29, 0.717) is 10.8 Å². The summed E-state index contributed by atoms with van der Waals surface area (Å²) < 4.78 is 16.5. The van der Waals surface area contributed by atoms with Gasteiger partial charge in [0, 0.05) is 17.2 Å². The quantitative estimate of drug-likeness (QED) is 0.154. The predicted molar refractivity (Wildman–Crippen MR) is 122 cm³/mol. The zero-order chi connectivity index (χ0) is 23.7. The van der Waals surface area contributed by atoms with Crippen LogP contribution < -0.4 is 14.9 Å². The Balaban J connectivity index is 1.62. The molecule has 4 aromatic rings. The summed E-state index contributed by atoms with van der Waals surface area (Å²) in [6.45, 7) is 3.66. The van der Waals surface area contributed by atoms with Gasteiger partial charge in [-0.2, -0.15) is 0 Å². The Bertz CT molecular complexity index is 1450. The van der Waals surface area contributed by atoms with Crippen molar-refractivity contribution < 1.29 is 23.6 Å². The van der Waals surface area contributed by atoms with Crippen molar-refractivity contribution in [2.24, 2.45) is 0 Å². The van der Waals surface area contributed by atoms with E-state index in [2.05, 4.69) is 0 Å². The van der Waals surface area contributed by atoms with Crippen molar-refractivity contribution in [3.05, 3.63) is 103 Å². The topological polar surface area (TPSA) is 109 Å². The predicted octanol–water partition coefficient (Wildman–Crippen LogP) is 5.98. The first-order valence-electron chi connectivity index (χ1n) is 9.70. The van der Waals surface area contributed by atoms with Crippen LogP contribution in [0.5, 0.6) is 17.2 Å². The number of aryl methyl sites for hydroxylation is 2. The number of rotatable bonds is 5. The van der Waals surface area contributed by atoms with Gasteiger partial charge in [-0.1, -0.05) is 23.7 Å². The third kappa shape index (κ3) is 4.42. The van der Waals surface area contributed by atoms with E-state index in [-0.39, 0.29) is 33.7 Å². The molecule has 0 radical (unpaired) electrons. The zero-order valence-corrected chi connectivity index (χ0v) is 18.2. The molecule has 1 heterocycles. The second-order valence-electron chi connectivity index (χ2n) is 7.22. The summed E-state index contributed by atoms with van der Waals surface area (Å²) in [5.74, 6) is -0.423. The lowest BCUT2D eigenvalue weighted by molar-refractivity contribution is -0.385. The van der Waals surface area contributed by atoms with Crippen molar-refractivity contribution in [1.82, 2.24) is 0 Å². The maximum absolute atomic E-state index is 12.9. The number of carbonyl (C=O) groups is 1. The molecule has 8 nitrogen and oxygen atoms in total. The van der Waals surface area contributed by atoms with Crippen LogP contribution in [0.3, 0.4) is 0 Å². The molecule has 0 unspecified atom stereocenters. The van der Waals surface area contributed by atoms with Gasteiger partial charge in [-0.15, -0.1) is 0 Å². The molecule has 166 valence electrons. The first kappa shape index (κ1) is 22.0. The minimum Gasteiger partial charge on any atom is -0.460 e. The van der Waals surface area contributed by atoms with E-state index < -0.39 is 16.3 Å². The number of nitrogens with zero attached hydrogens (tertiary/aromatic N) is 1. The van der Waals surface area contributed by atoms with Gasteiger partial charge in [0.05, 0.1) is 10.3 Å². The van der Waals surface area contributed by atoms with E-state index in [4.69, 9.17) is 25.5 Å². The molecule has 0 saturated heterocycles. The number of halogens is 1. The minimum absolute atomic E-state index is 0.0201. The van der Waals surface area contributed by atoms with Crippen molar-refractivity contribution in [2.45, 2.75) is 13.8 Å². The van der Waals surface area contributed by atoms with Crippen molar-refractivity contribution in [1.29, 1.82) is 0 Å². The van der Waals surface area contributed by atoms with Gasteiger partial charge in [-0.05, 0) is 55.3 Å². The Morgan fingerprint density at radius 1 is 1.03 bits per heavy atom. The summed E-state index contributed by atoms with van der Waals surface area (Å²) in [5, 5.41) is 12.0. The molecule has 0 amide bonds. The van der Waals surface area contributed by atoms with E-state index in [1.165, 1.54) is 42.5 Å². The number of nitro groups is 1. The fourth-order valence-electron chi connectivity index (χ4n) is 3.28. The van der Waals surface area contributed by atoms with Crippen LogP contribution in [0.25, 0.3) is 11.0 Å². The number of hydrogen-bond acceptors (Lipinski definition) is 7. The maximum Gasteiger partial charge on any atom is 0.350 e. The molecule has 4 rings (SSSR count). The van der Waals surface area contributed by atoms with Crippen LogP contribution >= 0.6 is 11.6 Å². The second kappa shape index (κ2) is 8.76. The molecule has 0 aliphatic rings. The van der Waals surface area contributed by atoms with E-state index in [0.717, 1.165) is 17.4 Å². The molecule has 0 aliphatic heterocycles. The van der Waals surface area contributed by atoms with Crippen molar-refractivity contribution in [3.63, 3.8) is 0 Å². The van der Waals surface area contributed by atoms with E-state index >= 15 is 0 Å². The second-order valence-corrected chi connectivity index (χ2v) is 7.60. The standard InChI is InChI=1S/C24H16ClNO7/c1-13-9-16(10-14(2)22(13)25)32-21-12-31-20-11-15(7-8-18(20)23(21)27)33-24(28)17-5-3-4-6-19(17)26(29)30/h3-12H,1-2H3. The fourth-order valence-corrected chi connectivity index (χ4v) is 3.39. The van der Waals surface area contributed by atoms with Gasteiger partial charge >= 0.3 is 5.97 Å². The molecular formula is C24H16ClNO7. The maximum atomic E-state index is 12.9. The van der Waals surface area contributed by atoms with Crippen LogP contribution in [-0.4, -0.2) is 10.9 Å². The molecule has 3 aromatic carbocycles. The van der Waals surface area contributed by atoms with Crippen molar-refractivity contribution in [2.75, 3.05) is 0 Å². The largest absolute Gasteiger partial charge is 0.460 e. The van der Waals surface area contributed by atoms with Gasteiger partial charge < -0.3 is 13.9 Å². The summed E-state index contributed by atoms with van der Waals surface area (Å²) in [5.41, 5.74) is 0.788. The molecular weight excluding hydrogens is 450 g/mol. The Kier molecular flexibility index (Phi) is 5.85. The molecule has 33 heavy (non-hydrogen) atoms. The average molecular weight is 466 g/mol. The number of benzene rings is 3. The number of fused-ring (bicyclic) bond motifs is 1. The van der Waals surface area contributed by atoms with Crippen LogP contribution in [-0.2, 0) is 0 Å². The Labute approximate surface area is 192 Å². The van der Waals surface area contributed by atoms with Crippen molar-refractivity contribution >= 4 is 34.2 Å². The van der Waals surface area contributed by atoms with Gasteiger partial charge in [0.2, 0.25) is 11.2 Å². The van der Waals surface area contributed by atoms with E-state index in [9.17, 15) is 19.7 Å². The highest BCUT2D eigenvalue weighted by molar-refractivity contribution is 6.32. The number of esters is 1. The summed E-state index contributed by atoms with van der Waals surface area (Å²) in [6.07, 6.45) is 1.16. The van der Waals surface area contributed by atoms with Crippen LogP contribution in [0.1, 0.15) is 21.5 Å². The summed E-state index contributed by atoms with van der Waals surface area (Å²) >= 11 is 6.17. The first-order valence-corrected chi connectivity index (χ1v) is 10.1. The van der Waals surface area contributed by atoms with Gasteiger partial charge in [-0.3, -0.25) is 14.9 Å². The Hall–Kier alpha value is -4.17. The van der Waals surface area contributed by atoms with Gasteiger partial charge in [-0.25, -0.2) is 4.79 Å². The number of carbonyl (C=O) groups excluding carboxylic acids is 1. The summed E-state index contributed by atoms with van der Waals surface area (Å²) in [4.78, 5) is 35.8. The third-order valence-electron chi connectivity index (χ3n) is 4.88. The minimum atomic E-state index is -0.905. The SMILES string of the molecule is Cc1cc(Oc2coc3cc(OC(=O)c4ccccc4[N+](=O)[O-])ccc3c2=O)cc(C)c1Cl. The number of para-hydroxylation sites is 1. The van der Waals surface area contributed by atoms with Gasteiger partial charge in [0.15, 0.2) is 0 Å². The van der Waals surface area contributed by atoms with Crippen LogP contribution in [0.4, 0.5) is 5.69 Å². The Morgan fingerprint density at radius 3 is 2.42 bits per heavy atom. The monoisotopic (exact) mass is 465 g/mol. The normalized spacial score (nSPS) is 10.8. The van der Waals surface area contributed by atoms with E-state index in [1.807, 2.05) is 13.8 Å². The van der Waals surface area contributed by atoms with Crippen LogP contribution in [0, 0.1) is 24.0 Å². The molecule has 0 aliphatic carbocycles. The molecule has 0 N–H and O–H groups in total. The summed E-state index contributed by atoms with van der Waals surface area (Å²) in [7, 11) is 0. The lowest BCUT2D eigenvalue weighted by Crippen LogP contribution is -2.11. The Morgan fingerprint density at radius 2 is 1.73 bits per heavy atom. The highest BCUT2D eigenvalue weighted by atomic mass is 35.5. The fraction of sp³-hybridized carbons (Fsp3) is 0.0833. The molecule has 0 atom stereocenters. The van der Waals surface area contributed by atoms with Crippen LogP contribution in [0.15, 0.2) is 70.1 Å². The zero-order valence-electron chi connectivity index (χ0n) is 17.5. The molecule has 0 bridgehead atoms. The molecule has 9 heteroatoms. The van der Waals surface area contributed by atoms with Gasteiger partial charge in [0.1, 0.15) is 28.9 Å². The third-order valence-corrected chi connectivity index (χ3v) is 5.48. The number of nitro benzene ring substituents is 1. The van der Waals surface area contributed by atoms with Gasteiger partial charge in [0.25, 0.3) is 5.69 Å². The van der Waals surface area contributed by atoms with Crippen molar-refractivity contribution in [3.8, 4) is 17.2 Å². The number of ether oxygens (including phenoxy) is 2. The lowest BCUT2D eigenvalue weighted by Gasteiger charge is -2.10. The van der Waals surface area contributed by atoms with Crippen LogP contribution in [0.2, 0.25) is 5.02 Å². The molecule has 0 fully saturated rings. The molecule has 1 aromatic heterocycles. The van der Waals surface area contributed by atoms with E-state index in [1.54, 1.807) is 12.1 Å². The molecule has 0 spiro atoms. The smallest absolute Gasteiger partial charge is 0.350 e. The highest BCUT2D eigenvalue weighted by Gasteiger charge is 2.21. The highest BCUT2D eigenvalue weighted by Crippen LogP contribution is 2.29. The average Bonchev–Trinajstić information content (AvgIpc) is 2.79. The first-order chi connectivity index (χ1) is 15.7. The summed E-state index contributed by atoms with van der Waals surface area (Å²) in [6, 6.07) is 13.0.